The molecule has 0 aliphatic rings. The topological polar surface area (TPSA) is 105 Å². The van der Waals surface area contributed by atoms with E-state index in [-0.39, 0.29) is 5.82 Å². The van der Waals surface area contributed by atoms with E-state index in [4.69, 9.17) is 5.11 Å². The lowest BCUT2D eigenvalue weighted by Crippen LogP contribution is -2.05. The minimum atomic E-state index is -1.37. The van der Waals surface area contributed by atoms with Gasteiger partial charge in [0.1, 0.15) is 17.6 Å². The van der Waals surface area contributed by atoms with Crippen molar-refractivity contribution in [3.63, 3.8) is 0 Å². The van der Waals surface area contributed by atoms with Gasteiger partial charge in [0.2, 0.25) is 0 Å². The normalized spacial score (nSPS) is 10.2. The second-order valence-electron chi connectivity index (χ2n) is 4.59. The molecule has 21 heavy (non-hydrogen) atoms. The predicted octanol–water partition coefficient (Wildman–Crippen LogP) is 3.05. The van der Waals surface area contributed by atoms with Crippen LogP contribution in [0.1, 0.15) is 21.5 Å². The van der Waals surface area contributed by atoms with Gasteiger partial charge in [-0.05, 0) is 31.0 Å². The third-order valence-electron chi connectivity index (χ3n) is 2.97. The molecule has 7 nitrogen and oxygen atoms in total. The van der Waals surface area contributed by atoms with E-state index in [1.807, 2.05) is 32.0 Å². The molecule has 0 amide bonds. The van der Waals surface area contributed by atoms with E-state index in [1.54, 1.807) is 0 Å². The highest BCUT2D eigenvalue weighted by atomic mass is 16.6. The molecule has 0 atom stereocenters. The van der Waals surface area contributed by atoms with Gasteiger partial charge in [-0.1, -0.05) is 12.1 Å². The number of carbonyl (C=O) groups is 1. The number of rotatable bonds is 4. The van der Waals surface area contributed by atoms with E-state index in [9.17, 15) is 14.9 Å². The van der Waals surface area contributed by atoms with Crippen LogP contribution in [0.3, 0.4) is 0 Å². The van der Waals surface area contributed by atoms with Gasteiger partial charge in [-0.3, -0.25) is 10.1 Å². The van der Waals surface area contributed by atoms with Gasteiger partial charge in [-0.2, -0.15) is 0 Å². The molecule has 2 N–H and O–H groups in total. The Hall–Kier alpha value is -2.96. The van der Waals surface area contributed by atoms with Crippen LogP contribution < -0.4 is 5.32 Å². The van der Waals surface area contributed by atoms with Gasteiger partial charge in [0.15, 0.2) is 0 Å². The number of pyridine rings is 1. The summed E-state index contributed by atoms with van der Waals surface area (Å²) < 4.78 is 0. The monoisotopic (exact) mass is 287 g/mol. The summed E-state index contributed by atoms with van der Waals surface area (Å²) in [5.74, 6) is -1.13. The molecule has 0 fully saturated rings. The zero-order valence-corrected chi connectivity index (χ0v) is 11.5. The second-order valence-corrected chi connectivity index (χ2v) is 4.59. The number of carboxylic acids is 1. The first-order valence-electron chi connectivity index (χ1n) is 6.10. The zero-order chi connectivity index (χ0) is 15.6. The first-order chi connectivity index (χ1) is 9.88. The van der Waals surface area contributed by atoms with Gasteiger partial charge in [-0.25, -0.2) is 9.78 Å². The maximum Gasteiger partial charge on any atom is 0.342 e. The molecule has 1 heterocycles. The summed E-state index contributed by atoms with van der Waals surface area (Å²) in [5, 5.41) is 22.8. The van der Waals surface area contributed by atoms with Crippen molar-refractivity contribution in [2.75, 3.05) is 5.32 Å². The first kappa shape index (κ1) is 14.4. The quantitative estimate of drug-likeness (QED) is 0.661. The highest BCUT2D eigenvalue weighted by molar-refractivity contribution is 5.93. The molecule has 2 aromatic rings. The van der Waals surface area contributed by atoms with Crippen molar-refractivity contribution in [1.29, 1.82) is 0 Å². The number of hydrogen-bond donors (Lipinski definition) is 2. The molecule has 0 bridgehead atoms. The van der Waals surface area contributed by atoms with Crippen LogP contribution in [0.5, 0.6) is 0 Å². The highest BCUT2D eigenvalue weighted by Crippen LogP contribution is 2.24. The largest absolute Gasteiger partial charge is 0.477 e. The van der Waals surface area contributed by atoms with Gasteiger partial charge < -0.3 is 10.4 Å². The lowest BCUT2D eigenvalue weighted by atomic mass is 10.1. The van der Waals surface area contributed by atoms with Gasteiger partial charge in [0.25, 0.3) is 0 Å². The van der Waals surface area contributed by atoms with Crippen molar-refractivity contribution in [1.82, 2.24) is 4.98 Å². The van der Waals surface area contributed by atoms with Crippen molar-refractivity contribution >= 4 is 23.2 Å². The number of aromatic carboxylic acids is 1. The Morgan fingerprint density at radius 1 is 1.33 bits per heavy atom. The minimum Gasteiger partial charge on any atom is -0.477 e. The molecule has 0 radical (unpaired) electrons. The maximum atomic E-state index is 11.1. The molecule has 2 rings (SSSR count). The molecule has 0 spiro atoms. The smallest absolute Gasteiger partial charge is 0.342 e. The molecule has 7 heteroatoms. The van der Waals surface area contributed by atoms with Crippen LogP contribution in [-0.4, -0.2) is 21.0 Å². The molecule has 0 aliphatic heterocycles. The van der Waals surface area contributed by atoms with Crippen LogP contribution in [0.2, 0.25) is 0 Å². The molecule has 0 saturated heterocycles. The number of hydrogen-bond acceptors (Lipinski definition) is 5. The summed E-state index contributed by atoms with van der Waals surface area (Å²) in [6.07, 6.45) is 0.941. The molecule has 0 saturated carbocycles. The third-order valence-corrected chi connectivity index (χ3v) is 2.97. The fourth-order valence-corrected chi connectivity index (χ4v) is 1.84. The van der Waals surface area contributed by atoms with Crippen molar-refractivity contribution in [2.24, 2.45) is 0 Å². The number of carboxylic acid groups (broad SMARTS) is 1. The zero-order valence-electron chi connectivity index (χ0n) is 11.5. The minimum absolute atomic E-state index is 0.242. The van der Waals surface area contributed by atoms with E-state index >= 15 is 0 Å². The van der Waals surface area contributed by atoms with Crippen molar-refractivity contribution < 1.29 is 14.8 Å². The van der Waals surface area contributed by atoms with Gasteiger partial charge in [0.05, 0.1) is 4.92 Å². The second kappa shape index (κ2) is 5.58. The van der Waals surface area contributed by atoms with E-state index in [0.29, 0.717) is 0 Å². The third kappa shape index (κ3) is 3.14. The van der Waals surface area contributed by atoms with Crippen LogP contribution in [-0.2, 0) is 0 Å². The fourth-order valence-electron chi connectivity index (χ4n) is 1.84. The van der Waals surface area contributed by atoms with E-state index in [2.05, 4.69) is 10.3 Å². The van der Waals surface area contributed by atoms with Crippen molar-refractivity contribution in [2.45, 2.75) is 13.8 Å². The summed E-state index contributed by atoms with van der Waals surface area (Å²) in [6.45, 7) is 3.82. The summed E-state index contributed by atoms with van der Waals surface area (Å²) in [7, 11) is 0. The average Bonchev–Trinajstić information content (AvgIpc) is 2.42. The van der Waals surface area contributed by atoms with Crippen LogP contribution in [0.25, 0.3) is 0 Å². The Balaban J connectivity index is 2.41. The molecular weight excluding hydrogens is 274 g/mol. The van der Waals surface area contributed by atoms with Gasteiger partial charge in [-0.15, -0.1) is 0 Å². The number of anilines is 2. The van der Waals surface area contributed by atoms with Crippen LogP contribution >= 0.6 is 0 Å². The first-order valence-corrected chi connectivity index (χ1v) is 6.10. The number of nitrogens with one attached hydrogen (secondary N) is 1. The van der Waals surface area contributed by atoms with E-state index in [1.165, 1.54) is 0 Å². The average molecular weight is 287 g/mol. The van der Waals surface area contributed by atoms with Crippen molar-refractivity contribution in [3.05, 3.63) is 57.3 Å². The Morgan fingerprint density at radius 3 is 2.67 bits per heavy atom. The maximum absolute atomic E-state index is 11.1. The Kier molecular flexibility index (Phi) is 3.84. The lowest BCUT2D eigenvalue weighted by molar-refractivity contribution is -0.385. The molecule has 108 valence electrons. The number of aryl methyl sites for hydroxylation is 2. The number of aromatic nitrogens is 1. The molecular formula is C14H13N3O4. The summed E-state index contributed by atoms with van der Waals surface area (Å²) in [5.41, 5.74) is 1.82. The molecule has 1 aromatic carbocycles. The highest BCUT2D eigenvalue weighted by Gasteiger charge is 2.21. The molecule has 0 unspecified atom stereocenters. The Labute approximate surface area is 120 Å². The number of benzene rings is 1. The SMILES string of the molecule is Cc1ccc(C)c(Nc2cc(C(=O)O)c([N+](=O)[O-])cn2)c1. The van der Waals surface area contributed by atoms with E-state index in [0.717, 1.165) is 29.1 Å². The van der Waals surface area contributed by atoms with Gasteiger partial charge in [0, 0.05) is 11.8 Å². The summed E-state index contributed by atoms with van der Waals surface area (Å²) in [6, 6.07) is 6.91. The van der Waals surface area contributed by atoms with Crippen LogP contribution in [0.15, 0.2) is 30.5 Å². The van der Waals surface area contributed by atoms with Crippen LogP contribution in [0.4, 0.5) is 17.2 Å². The Bertz CT molecular complexity index is 728. The van der Waals surface area contributed by atoms with Crippen molar-refractivity contribution in [3.8, 4) is 0 Å². The molecule has 1 aromatic heterocycles. The fraction of sp³-hybridized carbons (Fsp3) is 0.143. The van der Waals surface area contributed by atoms with Gasteiger partial charge >= 0.3 is 11.7 Å². The predicted molar refractivity (Wildman–Crippen MR) is 77.0 cm³/mol. The van der Waals surface area contributed by atoms with Crippen LogP contribution in [0, 0.1) is 24.0 Å². The standard InChI is InChI=1S/C14H13N3O4/c1-8-3-4-9(2)11(5-8)16-13-6-10(14(18)19)12(7-15-13)17(20)21/h3-7H,1-2H3,(H,15,16)(H,18,19). The summed E-state index contributed by atoms with van der Waals surface area (Å²) in [4.78, 5) is 25.0. The Morgan fingerprint density at radius 2 is 2.05 bits per heavy atom. The number of nitrogens with zero attached hydrogens (tertiary/aromatic N) is 2. The summed E-state index contributed by atoms with van der Waals surface area (Å²) >= 11 is 0. The van der Waals surface area contributed by atoms with E-state index < -0.39 is 22.1 Å². The number of nitro groups is 1. The molecule has 0 aliphatic carbocycles. The lowest BCUT2D eigenvalue weighted by Gasteiger charge is -2.10.